The molecule has 1 N–H and O–H groups in total. The van der Waals surface area contributed by atoms with Crippen LogP contribution in [0.2, 0.25) is 0 Å². The summed E-state index contributed by atoms with van der Waals surface area (Å²) in [5.74, 6) is -0.268. The van der Waals surface area contributed by atoms with Gasteiger partial charge in [-0.1, -0.05) is 90.4 Å². The zero-order valence-corrected chi connectivity index (χ0v) is 18.7. The summed E-state index contributed by atoms with van der Waals surface area (Å²) in [6.45, 7) is 2.28. The van der Waals surface area contributed by atoms with E-state index in [-0.39, 0.29) is 5.97 Å². The molecule has 0 bridgehead atoms. The zero-order chi connectivity index (χ0) is 20.7. The molecule has 0 amide bonds. The van der Waals surface area contributed by atoms with Crippen LogP contribution in [0.25, 0.3) is 10.9 Å². The molecule has 2 aromatic rings. The molecule has 1 heterocycles. The van der Waals surface area contributed by atoms with Crippen LogP contribution in [0.4, 0.5) is 0 Å². The quantitative estimate of drug-likeness (QED) is 0.230. The van der Waals surface area contributed by atoms with E-state index in [1.807, 2.05) is 18.2 Å². The van der Waals surface area contributed by atoms with E-state index in [2.05, 4.69) is 18.1 Å². The molecule has 0 saturated carbocycles. The normalized spacial score (nSPS) is 11.2. The third kappa shape index (κ3) is 8.64. The maximum Gasteiger partial charge on any atom is 0.337 e. The van der Waals surface area contributed by atoms with Crippen molar-refractivity contribution in [1.82, 2.24) is 4.98 Å². The van der Waals surface area contributed by atoms with Gasteiger partial charge in [-0.25, -0.2) is 4.79 Å². The van der Waals surface area contributed by atoms with Gasteiger partial charge in [-0.2, -0.15) is 0 Å². The number of H-pyrrole nitrogens is 1. The van der Waals surface area contributed by atoms with Gasteiger partial charge in [0.05, 0.1) is 12.7 Å². The van der Waals surface area contributed by atoms with Gasteiger partial charge in [0.15, 0.2) is 0 Å². The Labute approximate surface area is 177 Å². The number of benzene rings is 1. The number of hydrogen-bond acceptors (Lipinski definition) is 2. The summed E-state index contributed by atoms with van der Waals surface area (Å²) >= 11 is 0. The SMILES string of the molecule is CCCCCCCCCCCCCCCCc1c[nH]c2ccc(C(=O)OC)cc12. The van der Waals surface area contributed by atoms with Gasteiger partial charge in [-0.15, -0.1) is 0 Å². The van der Waals surface area contributed by atoms with E-state index >= 15 is 0 Å². The van der Waals surface area contributed by atoms with Crippen molar-refractivity contribution in [3.05, 3.63) is 35.5 Å². The van der Waals surface area contributed by atoms with Gasteiger partial charge < -0.3 is 9.72 Å². The van der Waals surface area contributed by atoms with Crippen molar-refractivity contribution in [2.75, 3.05) is 7.11 Å². The number of carbonyl (C=O) groups is 1. The Morgan fingerprint density at radius 1 is 0.828 bits per heavy atom. The molecule has 1 aromatic heterocycles. The Kier molecular flexibility index (Phi) is 11.6. The first-order chi connectivity index (χ1) is 14.3. The molecule has 0 aliphatic heterocycles. The molecule has 2 rings (SSSR count). The van der Waals surface area contributed by atoms with Gasteiger partial charge in [0.2, 0.25) is 0 Å². The monoisotopic (exact) mass is 399 g/mol. The maximum atomic E-state index is 11.8. The summed E-state index contributed by atoms with van der Waals surface area (Å²) in [5, 5.41) is 1.16. The first kappa shape index (κ1) is 23.5. The van der Waals surface area contributed by atoms with Crippen molar-refractivity contribution in [3.63, 3.8) is 0 Å². The summed E-state index contributed by atoms with van der Waals surface area (Å²) in [6, 6.07) is 5.74. The highest BCUT2D eigenvalue weighted by atomic mass is 16.5. The Balaban J connectivity index is 1.52. The second-order valence-corrected chi connectivity index (χ2v) is 8.41. The van der Waals surface area contributed by atoms with Gasteiger partial charge in [0, 0.05) is 17.1 Å². The minimum absolute atomic E-state index is 0.268. The molecule has 29 heavy (non-hydrogen) atoms. The van der Waals surface area contributed by atoms with Crippen molar-refractivity contribution in [3.8, 4) is 0 Å². The third-order valence-electron chi connectivity index (χ3n) is 5.99. The molecule has 0 unspecified atom stereocenters. The molecule has 0 aliphatic carbocycles. The Bertz CT molecular complexity index is 704. The first-order valence-corrected chi connectivity index (χ1v) is 11.9. The molecule has 0 spiro atoms. The standard InChI is InChI=1S/C26H41NO2/c1-3-4-5-6-7-8-9-10-11-12-13-14-15-16-17-23-21-27-25-19-18-22(20-24(23)25)26(28)29-2/h18-21,27H,3-17H2,1-2H3. The molecule has 162 valence electrons. The van der Waals surface area contributed by atoms with Crippen LogP contribution in [-0.2, 0) is 11.2 Å². The Hall–Kier alpha value is -1.77. The second kappa shape index (κ2) is 14.3. The number of methoxy groups -OCH3 is 1. The summed E-state index contributed by atoms with van der Waals surface area (Å²) < 4.78 is 4.84. The summed E-state index contributed by atoms with van der Waals surface area (Å²) in [6.07, 6.45) is 22.5. The maximum absolute atomic E-state index is 11.8. The van der Waals surface area contributed by atoms with Gasteiger partial charge in [0.25, 0.3) is 0 Å². The van der Waals surface area contributed by atoms with Gasteiger partial charge in [-0.05, 0) is 36.6 Å². The average Bonchev–Trinajstić information content (AvgIpc) is 3.15. The summed E-state index contributed by atoms with van der Waals surface area (Å²) in [5.41, 5.74) is 3.03. The van der Waals surface area contributed by atoms with Crippen LogP contribution in [0, 0.1) is 0 Å². The highest BCUT2D eigenvalue weighted by molar-refractivity contribution is 5.95. The van der Waals surface area contributed by atoms with Gasteiger partial charge >= 0.3 is 5.97 Å². The average molecular weight is 400 g/mol. The Morgan fingerprint density at radius 3 is 1.93 bits per heavy atom. The number of hydrogen-bond donors (Lipinski definition) is 1. The molecule has 0 radical (unpaired) electrons. The lowest BCUT2D eigenvalue weighted by atomic mass is 10.0. The first-order valence-electron chi connectivity index (χ1n) is 11.9. The van der Waals surface area contributed by atoms with E-state index in [0.29, 0.717) is 5.56 Å². The van der Waals surface area contributed by atoms with Crippen LogP contribution in [-0.4, -0.2) is 18.1 Å². The lowest BCUT2D eigenvalue weighted by molar-refractivity contribution is 0.0601. The van der Waals surface area contributed by atoms with E-state index in [1.165, 1.54) is 103 Å². The predicted octanol–water partition coefficient (Wildman–Crippen LogP) is 7.98. The summed E-state index contributed by atoms with van der Waals surface area (Å²) in [4.78, 5) is 15.1. The van der Waals surface area contributed by atoms with E-state index < -0.39 is 0 Å². The number of esters is 1. The lowest BCUT2D eigenvalue weighted by Gasteiger charge is -2.04. The molecule has 0 saturated heterocycles. The predicted molar refractivity (Wildman–Crippen MR) is 124 cm³/mol. The number of aromatic nitrogens is 1. The third-order valence-corrected chi connectivity index (χ3v) is 5.99. The molecule has 0 fully saturated rings. The van der Waals surface area contributed by atoms with Crippen molar-refractivity contribution in [2.24, 2.45) is 0 Å². The molecule has 0 atom stereocenters. The van der Waals surface area contributed by atoms with Crippen molar-refractivity contribution in [2.45, 2.75) is 103 Å². The van der Waals surface area contributed by atoms with E-state index in [0.717, 1.165) is 17.3 Å². The van der Waals surface area contributed by atoms with E-state index in [1.54, 1.807) is 0 Å². The number of ether oxygens (including phenoxy) is 1. The zero-order valence-electron chi connectivity index (χ0n) is 18.7. The smallest absolute Gasteiger partial charge is 0.337 e. The number of aromatic amines is 1. The van der Waals surface area contributed by atoms with Crippen LogP contribution in [0.1, 0.15) is 113 Å². The highest BCUT2D eigenvalue weighted by Crippen LogP contribution is 2.22. The number of unbranched alkanes of at least 4 members (excludes halogenated alkanes) is 13. The number of rotatable bonds is 16. The van der Waals surface area contributed by atoms with Crippen LogP contribution in [0.15, 0.2) is 24.4 Å². The van der Waals surface area contributed by atoms with Crippen LogP contribution in [0.5, 0.6) is 0 Å². The van der Waals surface area contributed by atoms with Gasteiger partial charge in [-0.3, -0.25) is 0 Å². The number of aryl methyl sites for hydroxylation is 1. The number of fused-ring (bicyclic) bond motifs is 1. The van der Waals surface area contributed by atoms with Crippen molar-refractivity contribution >= 4 is 16.9 Å². The largest absolute Gasteiger partial charge is 0.465 e. The topological polar surface area (TPSA) is 42.1 Å². The molecule has 1 aromatic carbocycles. The van der Waals surface area contributed by atoms with Crippen molar-refractivity contribution < 1.29 is 9.53 Å². The lowest BCUT2D eigenvalue weighted by Crippen LogP contribution is -2.00. The number of carbonyl (C=O) groups excluding carboxylic acids is 1. The fraction of sp³-hybridized carbons (Fsp3) is 0.654. The van der Waals surface area contributed by atoms with Crippen LogP contribution in [0.3, 0.4) is 0 Å². The fourth-order valence-corrected chi connectivity index (χ4v) is 4.14. The van der Waals surface area contributed by atoms with Crippen LogP contribution < -0.4 is 0 Å². The second-order valence-electron chi connectivity index (χ2n) is 8.41. The van der Waals surface area contributed by atoms with E-state index in [9.17, 15) is 4.79 Å². The molecule has 3 nitrogen and oxygen atoms in total. The van der Waals surface area contributed by atoms with Crippen LogP contribution >= 0.6 is 0 Å². The minimum Gasteiger partial charge on any atom is -0.465 e. The molecular weight excluding hydrogens is 358 g/mol. The van der Waals surface area contributed by atoms with E-state index in [4.69, 9.17) is 4.74 Å². The number of nitrogens with one attached hydrogen (secondary N) is 1. The molecule has 0 aliphatic rings. The minimum atomic E-state index is -0.268. The molecular formula is C26H41NO2. The highest BCUT2D eigenvalue weighted by Gasteiger charge is 2.09. The fourth-order valence-electron chi connectivity index (χ4n) is 4.14. The van der Waals surface area contributed by atoms with Gasteiger partial charge in [0.1, 0.15) is 0 Å². The molecule has 3 heteroatoms. The Morgan fingerprint density at radius 2 is 1.38 bits per heavy atom. The van der Waals surface area contributed by atoms with Crippen molar-refractivity contribution in [1.29, 1.82) is 0 Å². The summed E-state index contributed by atoms with van der Waals surface area (Å²) in [7, 11) is 1.43.